The molecule has 1 heterocycles. The van der Waals surface area contributed by atoms with Crippen molar-refractivity contribution in [2.24, 2.45) is 11.3 Å². The van der Waals surface area contributed by atoms with Gasteiger partial charge in [0.15, 0.2) is 0 Å². The molecule has 0 spiro atoms. The summed E-state index contributed by atoms with van der Waals surface area (Å²) in [7, 11) is -1.46. The Labute approximate surface area is 147 Å². The maximum Gasteiger partial charge on any atom is 0.456 e. The molecule has 1 aromatic heterocycles. The first-order chi connectivity index (χ1) is 11.8. The molecule has 1 aliphatic rings. The van der Waals surface area contributed by atoms with Crippen LogP contribution in [0.1, 0.15) is 43.6 Å². The smallest absolute Gasteiger partial charge is 0.427 e. The lowest BCUT2D eigenvalue weighted by Gasteiger charge is -2.21. The highest BCUT2D eigenvalue weighted by Gasteiger charge is 2.50. The molecule has 8 nitrogen and oxygen atoms in total. The zero-order valence-corrected chi connectivity index (χ0v) is 14.6. The van der Waals surface area contributed by atoms with Crippen LogP contribution in [0.4, 0.5) is 0 Å². The van der Waals surface area contributed by atoms with Crippen molar-refractivity contribution >= 4 is 18.9 Å². The molecule has 1 unspecified atom stereocenters. The Bertz CT molecular complexity index is 593. The summed E-state index contributed by atoms with van der Waals surface area (Å²) in [5.74, 6) is -0.643. The van der Waals surface area contributed by atoms with Crippen molar-refractivity contribution in [3.8, 4) is 0 Å². The first-order valence-electron chi connectivity index (χ1n) is 8.53. The third-order valence-corrected chi connectivity index (χ3v) is 4.44. The number of rotatable bonds is 9. The van der Waals surface area contributed by atoms with Crippen molar-refractivity contribution in [1.82, 2.24) is 20.6 Å². The van der Waals surface area contributed by atoms with Gasteiger partial charge in [0, 0.05) is 31.3 Å². The molecule has 0 saturated heterocycles. The first-order valence-corrected chi connectivity index (χ1v) is 8.53. The van der Waals surface area contributed by atoms with E-state index in [0.29, 0.717) is 25.2 Å². The fourth-order valence-corrected chi connectivity index (χ4v) is 2.72. The first kappa shape index (κ1) is 19.3. The fraction of sp³-hybridized carbons (Fsp3) is 0.625. The second-order valence-electron chi connectivity index (χ2n) is 7.07. The molecule has 0 radical (unpaired) electrons. The van der Waals surface area contributed by atoms with E-state index in [1.54, 1.807) is 0 Å². The van der Waals surface area contributed by atoms with Crippen LogP contribution >= 0.6 is 0 Å². The topological polar surface area (TPSA) is 124 Å². The number of carbonyl (C=O) groups excluding carboxylic acids is 2. The Morgan fingerprint density at radius 2 is 2.00 bits per heavy atom. The average molecular weight is 348 g/mol. The number of nitrogens with one attached hydrogen (secondary N) is 2. The Balaban J connectivity index is 1.83. The number of carbonyl (C=O) groups is 2. The number of nitrogens with zero attached hydrogens (tertiary/aromatic N) is 2. The lowest BCUT2D eigenvalue weighted by molar-refractivity contribution is -0.126. The second-order valence-corrected chi connectivity index (χ2v) is 7.07. The number of aromatic nitrogens is 2. The van der Waals surface area contributed by atoms with Crippen LogP contribution < -0.4 is 10.6 Å². The molecule has 2 amide bonds. The van der Waals surface area contributed by atoms with Gasteiger partial charge in [-0.1, -0.05) is 13.8 Å². The zero-order chi connectivity index (χ0) is 18.4. The molecule has 136 valence electrons. The molecule has 9 heteroatoms. The molecule has 1 saturated carbocycles. The maximum atomic E-state index is 12.4. The highest BCUT2D eigenvalue weighted by Crippen LogP contribution is 2.45. The van der Waals surface area contributed by atoms with Gasteiger partial charge in [-0.15, -0.1) is 0 Å². The van der Waals surface area contributed by atoms with Crippen LogP contribution in [0, 0.1) is 11.3 Å². The van der Waals surface area contributed by atoms with Gasteiger partial charge in [0.1, 0.15) is 5.69 Å². The van der Waals surface area contributed by atoms with Crippen molar-refractivity contribution in [3.05, 3.63) is 24.3 Å². The average Bonchev–Trinajstić information content (AvgIpc) is 3.37. The maximum absolute atomic E-state index is 12.4. The number of hydrogen-bond acceptors (Lipinski definition) is 6. The molecule has 1 aromatic rings. The lowest BCUT2D eigenvalue weighted by atomic mass is 9.68. The van der Waals surface area contributed by atoms with Crippen LogP contribution in [-0.2, 0) is 4.79 Å². The molecular formula is C16H25BN4O4. The Kier molecular flexibility index (Phi) is 6.49. The summed E-state index contributed by atoms with van der Waals surface area (Å²) < 4.78 is 0. The minimum atomic E-state index is -1.46. The molecule has 0 bridgehead atoms. The highest BCUT2D eigenvalue weighted by molar-refractivity contribution is 6.43. The summed E-state index contributed by atoms with van der Waals surface area (Å²) in [6, 6.07) is 0. The van der Waals surface area contributed by atoms with Crippen molar-refractivity contribution in [2.45, 2.75) is 38.9 Å². The quantitative estimate of drug-likeness (QED) is 0.466. The third-order valence-electron chi connectivity index (χ3n) is 4.44. The van der Waals surface area contributed by atoms with Gasteiger partial charge < -0.3 is 20.7 Å². The normalized spacial score (nSPS) is 16.2. The monoisotopic (exact) mass is 348 g/mol. The van der Waals surface area contributed by atoms with E-state index in [4.69, 9.17) is 0 Å². The SMILES string of the molecule is CC(C)CC(CNC(=O)C1(CNC(=O)c2cnccn2)CC1)B(O)O. The highest BCUT2D eigenvalue weighted by atomic mass is 16.4. The van der Waals surface area contributed by atoms with Crippen LogP contribution in [0.5, 0.6) is 0 Å². The van der Waals surface area contributed by atoms with E-state index in [1.807, 2.05) is 13.8 Å². The van der Waals surface area contributed by atoms with E-state index >= 15 is 0 Å². The van der Waals surface area contributed by atoms with E-state index in [0.717, 1.165) is 0 Å². The largest absolute Gasteiger partial charge is 0.456 e. The summed E-state index contributed by atoms with van der Waals surface area (Å²) in [6.07, 6.45) is 6.27. The third kappa shape index (κ3) is 5.50. The minimum Gasteiger partial charge on any atom is -0.427 e. The molecule has 4 N–H and O–H groups in total. The molecule has 1 aliphatic carbocycles. The predicted octanol–water partition coefficient (Wildman–Crippen LogP) is -0.00810. The van der Waals surface area contributed by atoms with E-state index in [9.17, 15) is 19.6 Å². The van der Waals surface area contributed by atoms with Crippen LogP contribution in [0.15, 0.2) is 18.6 Å². The zero-order valence-electron chi connectivity index (χ0n) is 14.6. The van der Waals surface area contributed by atoms with Crippen LogP contribution in [0.2, 0.25) is 5.82 Å². The van der Waals surface area contributed by atoms with Gasteiger partial charge in [-0.25, -0.2) is 4.98 Å². The Hall–Kier alpha value is -2.00. The summed E-state index contributed by atoms with van der Waals surface area (Å²) in [5.41, 5.74) is -0.403. The lowest BCUT2D eigenvalue weighted by Crippen LogP contribution is -2.43. The molecule has 1 atom stereocenters. The molecule has 0 aromatic carbocycles. The van der Waals surface area contributed by atoms with Gasteiger partial charge >= 0.3 is 7.12 Å². The van der Waals surface area contributed by atoms with Crippen molar-refractivity contribution in [2.75, 3.05) is 13.1 Å². The van der Waals surface area contributed by atoms with Gasteiger partial charge in [-0.2, -0.15) is 0 Å². The minimum absolute atomic E-state index is 0.165. The van der Waals surface area contributed by atoms with E-state index in [2.05, 4.69) is 20.6 Å². The van der Waals surface area contributed by atoms with E-state index in [-0.39, 0.29) is 30.6 Å². The van der Waals surface area contributed by atoms with Gasteiger partial charge in [0.2, 0.25) is 5.91 Å². The summed E-state index contributed by atoms with van der Waals surface area (Å²) in [4.78, 5) is 32.2. The number of amides is 2. The van der Waals surface area contributed by atoms with Gasteiger partial charge in [0.25, 0.3) is 5.91 Å². The van der Waals surface area contributed by atoms with E-state index in [1.165, 1.54) is 18.6 Å². The van der Waals surface area contributed by atoms with Crippen molar-refractivity contribution in [1.29, 1.82) is 0 Å². The van der Waals surface area contributed by atoms with Crippen molar-refractivity contribution in [3.63, 3.8) is 0 Å². The standard InChI is InChI=1S/C16H25BN4O4/c1-11(2)7-12(17(24)25)8-20-15(23)16(3-4-16)10-21-14(22)13-9-18-5-6-19-13/h5-6,9,11-12,24-25H,3-4,7-8,10H2,1-2H3,(H,20,23)(H,21,22). The summed E-state index contributed by atoms with van der Waals surface area (Å²) in [5, 5.41) is 24.4. The van der Waals surface area contributed by atoms with Gasteiger partial charge in [-0.3, -0.25) is 14.6 Å². The van der Waals surface area contributed by atoms with Crippen LogP contribution in [-0.4, -0.2) is 52.0 Å². The molecule has 2 rings (SSSR count). The Morgan fingerprint density at radius 1 is 1.28 bits per heavy atom. The molecule has 1 fully saturated rings. The van der Waals surface area contributed by atoms with Crippen molar-refractivity contribution < 1.29 is 19.6 Å². The molecule has 25 heavy (non-hydrogen) atoms. The van der Waals surface area contributed by atoms with Crippen LogP contribution in [0.25, 0.3) is 0 Å². The fourth-order valence-electron chi connectivity index (χ4n) is 2.72. The van der Waals surface area contributed by atoms with E-state index < -0.39 is 18.4 Å². The number of hydrogen-bond donors (Lipinski definition) is 4. The predicted molar refractivity (Wildman–Crippen MR) is 92.4 cm³/mol. The second kappa shape index (κ2) is 8.40. The van der Waals surface area contributed by atoms with Gasteiger partial charge in [-0.05, 0) is 25.2 Å². The van der Waals surface area contributed by atoms with Crippen LogP contribution in [0.3, 0.4) is 0 Å². The molecule has 0 aliphatic heterocycles. The summed E-state index contributed by atoms with van der Waals surface area (Å²) >= 11 is 0. The molecular weight excluding hydrogens is 323 g/mol. The summed E-state index contributed by atoms with van der Waals surface area (Å²) in [6.45, 7) is 4.41. The Morgan fingerprint density at radius 3 is 2.52 bits per heavy atom. The van der Waals surface area contributed by atoms with Gasteiger partial charge in [0.05, 0.1) is 11.6 Å².